The SMILES string of the molecule is CC1CCC(C#N)C(N2CCC(N3CCOCC3)C2)C1. The first-order chi connectivity index (χ1) is 9.78. The molecule has 0 amide bonds. The van der Waals surface area contributed by atoms with E-state index in [1.54, 1.807) is 0 Å². The minimum absolute atomic E-state index is 0.259. The minimum Gasteiger partial charge on any atom is -0.379 e. The Morgan fingerprint density at radius 2 is 1.85 bits per heavy atom. The summed E-state index contributed by atoms with van der Waals surface area (Å²) < 4.78 is 5.45. The van der Waals surface area contributed by atoms with E-state index < -0.39 is 0 Å². The Balaban J connectivity index is 1.59. The van der Waals surface area contributed by atoms with E-state index >= 15 is 0 Å². The molecule has 4 atom stereocenters. The molecule has 3 rings (SSSR count). The molecule has 0 aromatic rings. The lowest BCUT2D eigenvalue weighted by Gasteiger charge is -2.38. The summed E-state index contributed by atoms with van der Waals surface area (Å²) in [6, 6.07) is 3.77. The summed E-state index contributed by atoms with van der Waals surface area (Å²) in [5, 5.41) is 9.42. The second kappa shape index (κ2) is 6.43. The van der Waals surface area contributed by atoms with E-state index in [0.29, 0.717) is 12.1 Å². The third kappa shape index (κ3) is 3.00. The molecule has 3 aliphatic rings. The Kier molecular flexibility index (Phi) is 4.60. The van der Waals surface area contributed by atoms with Crippen molar-refractivity contribution in [3.8, 4) is 6.07 Å². The van der Waals surface area contributed by atoms with Gasteiger partial charge in [0.1, 0.15) is 0 Å². The molecule has 0 radical (unpaired) electrons. The van der Waals surface area contributed by atoms with Crippen molar-refractivity contribution in [3.63, 3.8) is 0 Å². The molecule has 2 saturated heterocycles. The maximum absolute atomic E-state index is 9.42. The molecule has 0 bridgehead atoms. The van der Waals surface area contributed by atoms with E-state index in [9.17, 15) is 5.26 Å². The Hall–Kier alpha value is -0.630. The van der Waals surface area contributed by atoms with E-state index in [1.807, 2.05) is 0 Å². The zero-order chi connectivity index (χ0) is 13.9. The highest BCUT2D eigenvalue weighted by molar-refractivity contribution is 4.99. The van der Waals surface area contributed by atoms with Gasteiger partial charge in [-0.15, -0.1) is 0 Å². The lowest BCUT2D eigenvalue weighted by atomic mass is 9.79. The van der Waals surface area contributed by atoms with Gasteiger partial charge >= 0.3 is 0 Å². The minimum atomic E-state index is 0.259. The van der Waals surface area contributed by atoms with Crippen molar-refractivity contribution in [2.24, 2.45) is 11.8 Å². The molecule has 4 unspecified atom stereocenters. The average molecular weight is 277 g/mol. The highest BCUT2D eigenvalue weighted by Crippen LogP contribution is 2.34. The van der Waals surface area contributed by atoms with Gasteiger partial charge in [0.05, 0.1) is 25.2 Å². The molecular formula is C16H27N3O. The highest BCUT2D eigenvalue weighted by Gasteiger charge is 2.38. The Morgan fingerprint density at radius 3 is 2.60 bits per heavy atom. The van der Waals surface area contributed by atoms with Gasteiger partial charge in [0.2, 0.25) is 0 Å². The van der Waals surface area contributed by atoms with Gasteiger partial charge in [-0.3, -0.25) is 9.80 Å². The quantitative estimate of drug-likeness (QED) is 0.770. The van der Waals surface area contributed by atoms with Crippen LogP contribution in [0.1, 0.15) is 32.6 Å². The monoisotopic (exact) mass is 277 g/mol. The van der Waals surface area contributed by atoms with Crippen LogP contribution in [0.4, 0.5) is 0 Å². The predicted octanol–water partition coefficient (Wildman–Crippen LogP) is 1.72. The van der Waals surface area contributed by atoms with Crippen LogP contribution in [-0.4, -0.2) is 61.3 Å². The van der Waals surface area contributed by atoms with E-state index in [2.05, 4.69) is 22.8 Å². The molecule has 2 heterocycles. The predicted molar refractivity (Wildman–Crippen MR) is 78.3 cm³/mol. The molecule has 1 aliphatic carbocycles. The molecule has 112 valence electrons. The Morgan fingerprint density at radius 1 is 1.05 bits per heavy atom. The first kappa shape index (κ1) is 14.3. The van der Waals surface area contributed by atoms with Crippen LogP contribution in [0.2, 0.25) is 0 Å². The van der Waals surface area contributed by atoms with Crippen molar-refractivity contribution in [2.45, 2.75) is 44.7 Å². The van der Waals surface area contributed by atoms with Crippen molar-refractivity contribution in [2.75, 3.05) is 39.4 Å². The lowest BCUT2D eigenvalue weighted by molar-refractivity contribution is 0.0160. The summed E-state index contributed by atoms with van der Waals surface area (Å²) in [5.41, 5.74) is 0. The van der Waals surface area contributed by atoms with Crippen LogP contribution in [0.3, 0.4) is 0 Å². The summed E-state index contributed by atoms with van der Waals surface area (Å²) in [4.78, 5) is 5.21. The molecule has 4 nitrogen and oxygen atoms in total. The Labute approximate surface area is 122 Å². The van der Waals surface area contributed by atoms with Gasteiger partial charge in [0.25, 0.3) is 0 Å². The van der Waals surface area contributed by atoms with Crippen LogP contribution in [0.5, 0.6) is 0 Å². The summed E-state index contributed by atoms with van der Waals surface area (Å²) in [5.74, 6) is 1.04. The van der Waals surface area contributed by atoms with Crippen molar-refractivity contribution < 1.29 is 4.74 Å². The van der Waals surface area contributed by atoms with Crippen LogP contribution in [0, 0.1) is 23.2 Å². The fourth-order valence-electron chi connectivity index (χ4n) is 4.21. The molecule has 0 aromatic carbocycles. The van der Waals surface area contributed by atoms with Crippen molar-refractivity contribution in [3.05, 3.63) is 0 Å². The van der Waals surface area contributed by atoms with E-state index in [4.69, 9.17) is 4.74 Å². The maximum atomic E-state index is 9.42. The molecule has 0 aromatic heterocycles. The average Bonchev–Trinajstić information content (AvgIpc) is 2.98. The number of nitriles is 1. The van der Waals surface area contributed by atoms with Crippen molar-refractivity contribution >= 4 is 0 Å². The van der Waals surface area contributed by atoms with Crippen molar-refractivity contribution in [1.29, 1.82) is 5.26 Å². The molecule has 2 aliphatic heterocycles. The molecule has 1 saturated carbocycles. The van der Waals surface area contributed by atoms with Gasteiger partial charge in [-0.1, -0.05) is 6.92 Å². The second-order valence-corrected chi connectivity index (χ2v) is 6.81. The van der Waals surface area contributed by atoms with Crippen LogP contribution in [0.25, 0.3) is 0 Å². The zero-order valence-corrected chi connectivity index (χ0v) is 12.6. The van der Waals surface area contributed by atoms with Crippen LogP contribution < -0.4 is 0 Å². The summed E-state index contributed by atoms with van der Waals surface area (Å²) in [6.45, 7) is 8.63. The fraction of sp³-hybridized carbons (Fsp3) is 0.938. The smallest absolute Gasteiger partial charge is 0.0672 e. The largest absolute Gasteiger partial charge is 0.379 e. The van der Waals surface area contributed by atoms with Gasteiger partial charge in [0.15, 0.2) is 0 Å². The third-order valence-electron chi connectivity index (χ3n) is 5.47. The Bertz CT molecular complexity index is 361. The van der Waals surface area contributed by atoms with Gasteiger partial charge in [0, 0.05) is 38.3 Å². The fourth-order valence-corrected chi connectivity index (χ4v) is 4.21. The van der Waals surface area contributed by atoms with Crippen LogP contribution in [0.15, 0.2) is 0 Å². The normalized spacial score (nSPS) is 40.6. The first-order valence-electron chi connectivity index (χ1n) is 8.23. The molecular weight excluding hydrogens is 250 g/mol. The number of nitrogens with zero attached hydrogens (tertiary/aromatic N) is 3. The van der Waals surface area contributed by atoms with Gasteiger partial charge in [-0.2, -0.15) is 5.26 Å². The number of rotatable bonds is 2. The van der Waals surface area contributed by atoms with E-state index in [0.717, 1.165) is 45.2 Å². The first-order valence-corrected chi connectivity index (χ1v) is 8.23. The van der Waals surface area contributed by atoms with Crippen LogP contribution in [-0.2, 0) is 4.74 Å². The van der Waals surface area contributed by atoms with Gasteiger partial charge < -0.3 is 4.74 Å². The summed E-state index contributed by atoms with van der Waals surface area (Å²) >= 11 is 0. The second-order valence-electron chi connectivity index (χ2n) is 6.81. The number of morpholine rings is 1. The maximum Gasteiger partial charge on any atom is 0.0672 e. The standard InChI is InChI=1S/C16H27N3O/c1-13-2-3-14(11-17)16(10-13)19-5-4-15(12-19)18-6-8-20-9-7-18/h13-16H,2-10,12H2,1H3. The zero-order valence-electron chi connectivity index (χ0n) is 12.6. The topological polar surface area (TPSA) is 39.5 Å². The summed E-state index contributed by atoms with van der Waals surface area (Å²) in [6.07, 6.45) is 4.81. The summed E-state index contributed by atoms with van der Waals surface area (Å²) in [7, 11) is 0. The van der Waals surface area contributed by atoms with Gasteiger partial charge in [-0.25, -0.2) is 0 Å². The van der Waals surface area contributed by atoms with E-state index in [-0.39, 0.29) is 5.92 Å². The molecule has 20 heavy (non-hydrogen) atoms. The van der Waals surface area contributed by atoms with E-state index in [1.165, 1.54) is 25.8 Å². The molecule has 0 spiro atoms. The third-order valence-corrected chi connectivity index (χ3v) is 5.47. The highest BCUT2D eigenvalue weighted by atomic mass is 16.5. The number of hydrogen-bond acceptors (Lipinski definition) is 4. The lowest BCUT2D eigenvalue weighted by Crippen LogP contribution is -2.47. The molecule has 4 heteroatoms. The number of hydrogen-bond donors (Lipinski definition) is 0. The van der Waals surface area contributed by atoms with Crippen LogP contribution >= 0.6 is 0 Å². The van der Waals surface area contributed by atoms with Gasteiger partial charge in [-0.05, 0) is 31.6 Å². The molecule has 3 fully saturated rings. The van der Waals surface area contributed by atoms with Crippen molar-refractivity contribution in [1.82, 2.24) is 9.80 Å². The number of ether oxygens (including phenoxy) is 1. The molecule has 0 N–H and O–H groups in total. The number of likely N-dealkylation sites (tertiary alicyclic amines) is 1.